The number of benzene rings is 1. The Hall–Kier alpha value is -0.860. The molecule has 2 atom stereocenters. The molecule has 0 saturated heterocycles. The van der Waals surface area contributed by atoms with Crippen LogP contribution in [0.1, 0.15) is 36.0 Å². The lowest BCUT2D eigenvalue weighted by atomic mass is 10.0. The predicted octanol–water partition coefficient (Wildman–Crippen LogP) is 2.62. The van der Waals surface area contributed by atoms with Gasteiger partial charge in [-0.15, -0.1) is 0 Å². The van der Waals surface area contributed by atoms with E-state index in [1.165, 1.54) is 36.0 Å². The first-order chi connectivity index (χ1) is 8.08. The Labute approximate surface area is 105 Å². The molecule has 0 aliphatic heterocycles. The molecular formula is C15H24N2. The van der Waals surface area contributed by atoms with Gasteiger partial charge in [0.05, 0.1) is 0 Å². The molecule has 17 heavy (non-hydrogen) atoms. The molecule has 94 valence electrons. The van der Waals surface area contributed by atoms with E-state index < -0.39 is 0 Å². The second-order valence-electron chi connectivity index (χ2n) is 5.51. The van der Waals surface area contributed by atoms with Crippen LogP contribution in [0.15, 0.2) is 18.2 Å². The molecule has 2 N–H and O–H groups in total. The van der Waals surface area contributed by atoms with E-state index in [-0.39, 0.29) is 0 Å². The Balaban J connectivity index is 2.07. The van der Waals surface area contributed by atoms with Crippen LogP contribution in [0.3, 0.4) is 0 Å². The van der Waals surface area contributed by atoms with Crippen molar-refractivity contribution < 1.29 is 0 Å². The van der Waals surface area contributed by atoms with E-state index >= 15 is 0 Å². The summed E-state index contributed by atoms with van der Waals surface area (Å²) in [6.07, 6.45) is 3.72. The Kier molecular flexibility index (Phi) is 3.85. The molecular weight excluding hydrogens is 208 g/mol. The van der Waals surface area contributed by atoms with Gasteiger partial charge < -0.3 is 5.73 Å². The van der Waals surface area contributed by atoms with Crippen molar-refractivity contribution >= 4 is 0 Å². The minimum absolute atomic E-state index is 0.366. The third kappa shape index (κ3) is 2.88. The summed E-state index contributed by atoms with van der Waals surface area (Å²) in [5.41, 5.74) is 10.3. The van der Waals surface area contributed by atoms with Crippen LogP contribution in [0, 0.1) is 13.8 Å². The average Bonchev–Trinajstić information content (AvgIpc) is 2.70. The lowest BCUT2D eigenvalue weighted by molar-refractivity contribution is 0.220. The molecule has 1 aromatic rings. The van der Waals surface area contributed by atoms with Crippen molar-refractivity contribution in [1.29, 1.82) is 0 Å². The van der Waals surface area contributed by atoms with Crippen LogP contribution in [-0.2, 0) is 6.54 Å². The lowest BCUT2D eigenvalue weighted by Gasteiger charge is -2.28. The van der Waals surface area contributed by atoms with Crippen LogP contribution in [0.5, 0.6) is 0 Å². The summed E-state index contributed by atoms with van der Waals surface area (Å²) in [6.45, 7) is 5.37. The summed E-state index contributed by atoms with van der Waals surface area (Å²) < 4.78 is 0. The van der Waals surface area contributed by atoms with E-state index in [0.717, 1.165) is 6.54 Å². The molecule has 0 bridgehead atoms. The summed E-state index contributed by atoms with van der Waals surface area (Å²) in [4.78, 5) is 2.43. The molecule has 1 aromatic carbocycles. The van der Waals surface area contributed by atoms with Gasteiger partial charge in [-0.05, 0) is 44.9 Å². The van der Waals surface area contributed by atoms with Gasteiger partial charge in [0.1, 0.15) is 0 Å². The Morgan fingerprint density at radius 1 is 1.29 bits per heavy atom. The summed E-state index contributed by atoms with van der Waals surface area (Å²) in [5, 5.41) is 0. The van der Waals surface area contributed by atoms with Gasteiger partial charge in [-0.1, -0.05) is 30.2 Å². The molecule has 1 saturated carbocycles. The normalized spacial score (nSPS) is 24.5. The van der Waals surface area contributed by atoms with E-state index in [4.69, 9.17) is 5.73 Å². The smallest absolute Gasteiger partial charge is 0.0247 e. The van der Waals surface area contributed by atoms with Gasteiger partial charge in [0.15, 0.2) is 0 Å². The first-order valence-corrected chi connectivity index (χ1v) is 6.60. The first-order valence-electron chi connectivity index (χ1n) is 6.60. The Morgan fingerprint density at radius 3 is 2.71 bits per heavy atom. The minimum Gasteiger partial charge on any atom is -0.326 e. The number of aryl methyl sites for hydroxylation is 2. The van der Waals surface area contributed by atoms with Crippen molar-refractivity contribution in [3.63, 3.8) is 0 Å². The quantitative estimate of drug-likeness (QED) is 0.868. The second-order valence-corrected chi connectivity index (χ2v) is 5.51. The van der Waals surface area contributed by atoms with Crippen LogP contribution >= 0.6 is 0 Å². The number of nitrogens with zero attached hydrogens (tertiary/aromatic N) is 1. The van der Waals surface area contributed by atoms with E-state index in [1.807, 2.05) is 0 Å². The number of hydrogen-bond donors (Lipinski definition) is 1. The van der Waals surface area contributed by atoms with Crippen LogP contribution in [-0.4, -0.2) is 24.0 Å². The summed E-state index contributed by atoms with van der Waals surface area (Å²) in [5.74, 6) is 0. The van der Waals surface area contributed by atoms with Crippen molar-refractivity contribution in [2.75, 3.05) is 7.05 Å². The Bertz CT molecular complexity index is 387. The van der Waals surface area contributed by atoms with Crippen LogP contribution in [0.2, 0.25) is 0 Å². The van der Waals surface area contributed by atoms with Crippen LogP contribution < -0.4 is 5.73 Å². The maximum Gasteiger partial charge on any atom is 0.0247 e. The molecule has 1 aliphatic rings. The van der Waals surface area contributed by atoms with Crippen LogP contribution in [0.25, 0.3) is 0 Å². The lowest BCUT2D eigenvalue weighted by Crippen LogP contribution is -2.41. The fourth-order valence-electron chi connectivity index (χ4n) is 2.87. The van der Waals surface area contributed by atoms with Gasteiger partial charge in [-0.2, -0.15) is 0 Å². The highest BCUT2D eigenvalue weighted by Gasteiger charge is 2.27. The molecule has 2 unspecified atom stereocenters. The average molecular weight is 232 g/mol. The molecule has 2 heteroatoms. The third-order valence-electron chi connectivity index (χ3n) is 4.02. The molecule has 0 aromatic heterocycles. The summed E-state index contributed by atoms with van der Waals surface area (Å²) >= 11 is 0. The van der Waals surface area contributed by atoms with Gasteiger partial charge in [-0.3, -0.25) is 4.90 Å². The molecule has 2 rings (SSSR count). The van der Waals surface area contributed by atoms with Crippen molar-refractivity contribution in [1.82, 2.24) is 4.90 Å². The number of rotatable bonds is 3. The fourth-order valence-corrected chi connectivity index (χ4v) is 2.87. The summed E-state index contributed by atoms with van der Waals surface area (Å²) in [7, 11) is 2.21. The molecule has 1 fully saturated rings. The number of hydrogen-bond acceptors (Lipinski definition) is 2. The van der Waals surface area contributed by atoms with Crippen molar-refractivity contribution in [2.45, 2.75) is 51.7 Å². The van der Waals surface area contributed by atoms with Crippen molar-refractivity contribution in [3.05, 3.63) is 34.9 Å². The van der Waals surface area contributed by atoms with Gasteiger partial charge in [0.2, 0.25) is 0 Å². The topological polar surface area (TPSA) is 29.3 Å². The predicted molar refractivity (Wildman–Crippen MR) is 73.0 cm³/mol. The molecule has 0 spiro atoms. The molecule has 1 aliphatic carbocycles. The Morgan fingerprint density at radius 2 is 2.06 bits per heavy atom. The zero-order valence-corrected chi connectivity index (χ0v) is 11.2. The van der Waals surface area contributed by atoms with Gasteiger partial charge in [0.25, 0.3) is 0 Å². The monoisotopic (exact) mass is 232 g/mol. The van der Waals surface area contributed by atoms with Crippen molar-refractivity contribution in [3.8, 4) is 0 Å². The van der Waals surface area contributed by atoms with Crippen LogP contribution in [0.4, 0.5) is 0 Å². The largest absolute Gasteiger partial charge is 0.326 e. The van der Waals surface area contributed by atoms with E-state index in [2.05, 4.69) is 44.0 Å². The zero-order chi connectivity index (χ0) is 12.4. The van der Waals surface area contributed by atoms with E-state index in [0.29, 0.717) is 12.1 Å². The standard InChI is InChI=1S/C15H24N2/c1-11-7-8-12(2)13(9-11)10-17(3)15-6-4-5-14(15)16/h7-9,14-15H,4-6,10,16H2,1-3H3. The summed E-state index contributed by atoms with van der Waals surface area (Å²) in [6, 6.07) is 7.62. The molecule has 0 amide bonds. The zero-order valence-electron chi connectivity index (χ0n) is 11.2. The van der Waals surface area contributed by atoms with Gasteiger partial charge in [-0.25, -0.2) is 0 Å². The van der Waals surface area contributed by atoms with Gasteiger partial charge >= 0.3 is 0 Å². The maximum absolute atomic E-state index is 6.16. The first kappa shape index (κ1) is 12.6. The third-order valence-corrected chi connectivity index (χ3v) is 4.02. The number of likely N-dealkylation sites (N-methyl/N-ethyl adjacent to an activating group) is 1. The molecule has 0 heterocycles. The fraction of sp³-hybridized carbons (Fsp3) is 0.600. The van der Waals surface area contributed by atoms with Gasteiger partial charge in [0, 0.05) is 18.6 Å². The SMILES string of the molecule is Cc1ccc(C)c(CN(C)C2CCCC2N)c1. The van der Waals surface area contributed by atoms with E-state index in [1.54, 1.807) is 0 Å². The second kappa shape index (κ2) is 5.19. The number of nitrogens with two attached hydrogens (primary N) is 1. The highest BCUT2D eigenvalue weighted by molar-refractivity contribution is 5.30. The highest BCUT2D eigenvalue weighted by Crippen LogP contribution is 2.24. The molecule has 2 nitrogen and oxygen atoms in total. The minimum atomic E-state index is 0.366. The molecule has 0 radical (unpaired) electrons. The van der Waals surface area contributed by atoms with E-state index in [9.17, 15) is 0 Å². The highest BCUT2D eigenvalue weighted by atomic mass is 15.1. The van der Waals surface area contributed by atoms with Crippen molar-refractivity contribution in [2.24, 2.45) is 5.73 Å². The maximum atomic E-state index is 6.16.